The molecule has 0 bridgehead atoms. The van der Waals surface area contributed by atoms with Crippen LogP contribution in [0.1, 0.15) is 171 Å². The molecule has 10 N–H and O–H groups in total. The Morgan fingerprint density at radius 1 is 0.571 bits per heavy atom. The summed E-state index contributed by atoms with van der Waals surface area (Å²) >= 11 is 0. The molecular formula is C62H125N9O6. The van der Waals surface area contributed by atoms with E-state index in [0.717, 1.165) is 108 Å². The van der Waals surface area contributed by atoms with Crippen molar-refractivity contribution < 1.29 is 14.9 Å². The zero-order valence-electron chi connectivity index (χ0n) is 45.0. The highest BCUT2D eigenvalue weighted by Crippen LogP contribution is 2.14. The SMILES string of the molecule is C.C.C.C.C.C.C.C1CNCCN1.C1CNCCN1.CC(C)CCC(N)CN.CCC(C)CCC(C)C.CCCn1cccc(O)c1=O.CCCn1cccc(OCc2ccccc2)c1=O.CCn1ccc(=O)c(O)c1C. The van der Waals surface area contributed by atoms with Crippen molar-refractivity contribution in [2.24, 2.45) is 29.2 Å². The van der Waals surface area contributed by atoms with Gasteiger partial charge >= 0.3 is 0 Å². The van der Waals surface area contributed by atoms with Gasteiger partial charge in [0.05, 0.1) is 5.69 Å². The maximum atomic E-state index is 12.0. The van der Waals surface area contributed by atoms with Crippen molar-refractivity contribution in [2.45, 2.75) is 198 Å². The fourth-order valence-electron chi connectivity index (χ4n) is 6.42. The molecule has 77 heavy (non-hydrogen) atoms. The quantitative estimate of drug-likeness (QED) is 0.0526. The minimum atomic E-state index is -0.313. The van der Waals surface area contributed by atoms with Crippen LogP contribution < -0.4 is 54.0 Å². The Morgan fingerprint density at radius 3 is 1.42 bits per heavy atom. The number of piperazine rings is 2. The van der Waals surface area contributed by atoms with Crippen LogP contribution in [0.15, 0.2) is 93.6 Å². The van der Waals surface area contributed by atoms with Crippen LogP contribution in [0.2, 0.25) is 0 Å². The molecule has 0 saturated carbocycles. The minimum Gasteiger partial charge on any atom is -0.503 e. The first-order valence-electron chi connectivity index (χ1n) is 26.0. The van der Waals surface area contributed by atoms with Crippen LogP contribution in [0.25, 0.3) is 0 Å². The Bertz CT molecular complexity index is 1980. The maximum Gasteiger partial charge on any atom is 0.292 e. The van der Waals surface area contributed by atoms with Crippen LogP contribution >= 0.6 is 0 Å². The van der Waals surface area contributed by atoms with Gasteiger partial charge in [0.1, 0.15) is 6.61 Å². The first-order chi connectivity index (χ1) is 33.6. The minimum absolute atomic E-state index is 0. The van der Waals surface area contributed by atoms with Crippen LogP contribution in [0.5, 0.6) is 17.2 Å². The van der Waals surface area contributed by atoms with Crippen molar-refractivity contribution >= 4 is 0 Å². The van der Waals surface area contributed by atoms with Crippen LogP contribution in [0, 0.1) is 24.7 Å². The van der Waals surface area contributed by atoms with Gasteiger partial charge in [0, 0.05) is 109 Å². The van der Waals surface area contributed by atoms with E-state index in [1.807, 2.05) is 61.7 Å². The number of pyridine rings is 3. The molecule has 454 valence electrons. The van der Waals surface area contributed by atoms with Crippen LogP contribution in [-0.4, -0.2) is 88.9 Å². The molecule has 2 saturated heterocycles. The number of ether oxygens (including phenoxy) is 1. The summed E-state index contributed by atoms with van der Waals surface area (Å²) in [7, 11) is 0. The predicted octanol–water partition coefficient (Wildman–Crippen LogP) is 11.7. The van der Waals surface area contributed by atoms with E-state index in [1.54, 1.807) is 42.2 Å². The number of aryl methyl sites for hydroxylation is 3. The molecule has 2 unspecified atom stereocenters. The number of nitrogens with two attached hydrogens (primary N) is 2. The number of hydrogen-bond acceptors (Lipinski definition) is 12. The first kappa shape index (κ1) is 88.8. The lowest BCUT2D eigenvalue weighted by atomic mass is 9.98. The summed E-state index contributed by atoms with van der Waals surface area (Å²) in [5.74, 6) is 2.67. The Balaban J connectivity index is -0.000000122. The third-order valence-electron chi connectivity index (χ3n) is 11.2. The highest BCUT2D eigenvalue weighted by Gasteiger charge is 2.05. The Morgan fingerprint density at radius 2 is 1.01 bits per heavy atom. The lowest BCUT2D eigenvalue weighted by Gasteiger charge is -2.11. The van der Waals surface area contributed by atoms with Crippen molar-refractivity contribution in [1.82, 2.24) is 35.0 Å². The molecule has 0 aliphatic carbocycles. The van der Waals surface area contributed by atoms with Crippen molar-refractivity contribution in [1.29, 1.82) is 0 Å². The summed E-state index contributed by atoms with van der Waals surface area (Å²) in [4.78, 5) is 33.9. The average Bonchev–Trinajstić information content (AvgIpc) is 3.38. The molecule has 2 aliphatic heterocycles. The molecule has 0 radical (unpaired) electrons. The molecule has 4 aromatic rings. The van der Waals surface area contributed by atoms with E-state index in [-0.39, 0.29) is 86.1 Å². The van der Waals surface area contributed by atoms with Crippen molar-refractivity contribution in [2.75, 3.05) is 58.9 Å². The third kappa shape index (κ3) is 44.9. The number of rotatable bonds is 16. The van der Waals surface area contributed by atoms with Gasteiger partial charge in [-0.2, -0.15) is 0 Å². The lowest BCUT2D eigenvalue weighted by molar-refractivity contribution is 0.299. The Kier molecular flexibility index (Phi) is 66.2. The molecule has 0 amide bonds. The molecule has 2 fully saturated rings. The van der Waals surface area contributed by atoms with Gasteiger partial charge in [-0.3, -0.25) is 14.4 Å². The topological polar surface area (TPSA) is 216 Å². The molecule has 3 aromatic heterocycles. The zero-order valence-corrected chi connectivity index (χ0v) is 45.0. The number of aromatic hydroxyl groups is 2. The second kappa shape index (κ2) is 57.4. The third-order valence-corrected chi connectivity index (χ3v) is 11.2. The van der Waals surface area contributed by atoms with E-state index >= 15 is 0 Å². The summed E-state index contributed by atoms with van der Waals surface area (Å²) < 4.78 is 10.6. The standard InChI is InChI=1S/C15H17NO2.C9H20.2C8H11NO2.C7H18N2.2C4H10N2.7CH4/c1-2-10-16-11-6-9-14(15(16)17)18-12-13-7-4-3-5-8-13;1-5-9(4)7-6-8(2)3;1-3-9-5-4-7(10)8(11)6(9)2;1-2-5-9-6-3-4-7(10)8(9)11;1-6(2)3-4-7(9)5-8;2*1-2-6-4-3-5-1;;;;;;;/h3-9,11H,2,10,12H2,1H3;8-9H,5-7H2,1-4H3;4-5,11H,3H2,1-2H3;3-4,6,10H,2,5H2,1H3;6-7H,3-5,8-9H2,1-2H3;2*5-6H,1-4H2;7*1H4. The maximum absolute atomic E-state index is 12.0. The molecule has 6 rings (SSSR count). The number of nitrogens with one attached hydrogen (secondary N) is 4. The molecular weight excluding hydrogens is 967 g/mol. The smallest absolute Gasteiger partial charge is 0.292 e. The largest absolute Gasteiger partial charge is 0.503 e. The number of nitrogens with zero attached hydrogens (tertiary/aromatic N) is 3. The van der Waals surface area contributed by atoms with Gasteiger partial charge in [0.15, 0.2) is 17.2 Å². The van der Waals surface area contributed by atoms with E-state index in [4.69, 9.17) is 21.3 Å². The second-order valence-electron chi connectivity index (χ2n) is 18.4. The van der Waals surface area contributed by atoms with E-state index < -0.39 is 0 Å². The monoisotopic (exact) mass is 1090 g/mol. The molecule has 15 nitrogen and oxygen atoms in total. The van der Waals surface area contributed by atoms with Gasteiger partial charge in [-0.15, -0.1) is 0 Å². The van der Waals surface area contributed by atoms with Crippen molar-refractivity contribution in [3.8, 4) is 17.2 Å². The van der Waals surface area contributed by atoms with Gasteiger partial charge in [-0.1, -0.05) is 157 Å². The fraction of sp³-hybridized carbons (Fsp3) is 0.661. The summed E-state index contributed by atoms with van der Waals surface area (Å²) in [6.07, 6.45) is 13.4. The normalized spacial score (nSPS) is 12.3. The average molecular weight is 1090 g/mol. The molecule has 1 aromatic carbocycles. The molecule has 2 atom stereocenters. The van der Waals surface area contributed by atoms with Gasteiger partial charge in [-0.05, 0) is 87.1 Å². The number of benzene rings is 1. The zero-order chi connectivity index (χ0) is 52.5. The fourth-order valence-corrected chi connectivity index (χ4v) is 6.42. The second-order valence-corrected chi connectivity index (χ2v) is 18.4. The van der Waals surface area contributed by atoms with E-state index in [2.05, 4.69) is 62.8 Å². The molecule has 0 spiro atoms. The van der Waals surface area contributed by atoms with Crippen LogP contribution in [-0.2, 0) is 26.2 Å². The Labute approximate surface area is 473 Å². The summed E-state index contributed by atoms with van der Waals surface area (Å²) in [6, 6.07) is 18.0. The number of aromatic nitrogens is 3. The van der Waals surface area contributed by atoms with Crippen molar-refractivity contribution in [3.05, 3.63) is 121 Å². The van der Waals surface area contributed by atoms with Crippen LogP contribution in [0.3, 0.4) is 0 Å². The van der Waals surface area contributed by atoms with E-state index in [1.165, 1.54) is 42.4 Å². The van der Waals surface area contributed by atoms with Gasteiger partial charge in [-0.25, -0.2) is 0 Å². The van der Waals surface area contributed by atoms with Gasteiger partial charge in [0.2, 0.25) is 5.43 Å². The predicted molar refractivity (Wildman–Crippen MR) is 340 cm³/mol. The van der Waals surface area contributed by atoms with Gasteiger partial charge < -0.3 is 61.4 Å². The van der Waals surface area contributed by atoms with Crippen LogP contribution in [0.4, 0.5) is 0 Å². The molecule has 2 aliphatic rings. The van der Waals surface area contributed by atoms with Gasteiger partial charge in [0.25, 0.3) is 11.1 Å². The van der Waals surface area contributed by atoms with E-state index in [0.29, 0.717) is 31.1 Å². The molecule has 5 heterocycles. The number of hydrogen-bond donors (Lipinski definition) is 8. The lowest BCUT2D eigenvalue weighted by Crippen LogP contribution is -2.39. The summed E-state index contributed by atoms with van der Waals surface area (Å²) in [5.41, 5.74) is 11.9. The Hall–Kier alpha value is -4.77. The van der Waals surface area contributed by atoms with E-state index in [9.17, 15) is 19.5 Å². The highest BCUT2D eigenvalue weighted by atomic mass is 16.5. The summed E-state index contributed by atoms with van der Waals surface area (Å²) in [5, 5.41) is 31.1. The summed E-state index contributed by atoms with van der Waals surface area (Å²) in [6.45, 7) is 33.6. The molecule has 15 heteroatoms. The highest BCUT2D eigenvalue weighted by molar-refractivity contribution is 5.25. The first-order valence-corrected chi connectivity index (χ1v) is 26.0. The van der Waals surface area contributed by atoms with Crippen molar-refractivity contribution in [3.63, 3.8) is 0 Å².